The summed E-state index contributed by atoms with van der Waals surface area (Å²) in [7, 11) is 0. The van der Waals surface area contributed by atoms with Gasteiger partial charge in [-0.3, -0.25) is 4.98 Å². The van der Waals surface area contributed by atoms with Crippen molar-refractivity contribution in [2.75, 3.05) is 0 Å². The first kappa shape index (κ1) is 30.5. The number of hydrogen-bond acceptors (Lipinski definition) is 6. The molecule has 0 unspecified atom stereocenters. The summed E-state index contributed by atoms with van der Waals surface area (Å²) in [6.45, 7) is 0. The SMILES string of the molecule is c1ccc(-c2ccc(-c3nc(-c4ccccc4)nc(-c4cccc(-c5ccc(-c6c7ncccc7nc7oc8ccccc8c67)cc5)c4)n3)cc2)cc1. The zero-order chi connectivity index (χ0) is 35.1. The Hall–Kier alpha value is -7.31. The zero-order valence-electron chi connectivity index (χ0n) is 28.4. The minimum absolute atomic E-state index is 0.609. The Balaban J connectivity index is 1.04. The van der Waals surface area contributed by atoms with Crippen molar-refractivity contribution in [1.29, 1.82) is 0 Å². The van der Waals surface area contributed by atoms with Gasteiger partial charge in [0.15, 0.2) is 17.5 Å². The highest BCUT2D eigenvalue weighted by Crippen LogP contribution is 2.40. The van der Waals surface area contributed by atoms with Gasteiger partial charge in [0.2, 0.25) is 5.71 Å². The second-order valence-corrected chi connectivity index (χ2v) is 12.9. The van der Waals surface area contributed by atoms with Crippen LogP contribution >= 0.6 is 0 Å². The lowest BCUT2D eigenvalue weighted by atomic mass is 9.96. The molecule has 0 aliphatic carbocycles. The smallest absolute Gasteiger partial charge is 0.228 e. The summed E-state index contributed by atoms with van der Waals surface area (Å²) in [5.41, 5.74) is 12.3. The van der Waals surface area contributed by atoms with E-state index in [9.17, 15) is 0 Å². The fourth-order valence-electron chi connectivity index (χ4n) is 7.00. The molecule has 0 saturated heterocycles. The molecule has 0 fully saturated rings. The average Bonchev–Trinajstić information content (AvgIpc) is 3.61. The van der Waals surface area contributed by atoms with Crippen LogP contribution in [0.15, 0.2) is 180 Å². The molecule has 0 aliphatic rings. The van der Waals surface area contributed by atoms with Crippen LogP contribution in [0.2, 0.25) is 0 Å². The number of para-hydroxylation sites is 1. The Morgan fingerprint density at radius 2 is 0.906 bits per heavy atom. The van der Waals surface area contributed by atoms with Crippen LogP contribution in [0.4, 0.5) is 0 Å². The van der Waals surface area contributed by atoms with Gasteiger partial charge in [-0.15, -0.1) is 0 Å². The Morgan fingerprint density at radius 1 is 0.377 bits per heavy atom. The van der Waals surface area contributed by atoms with Crippen LogP contribution in [0.25, 0.3) is 101 Å². The van der Waals surface area contributed by atoms with Crippen molar-refractivity contribution >= 4 is 33.1 Å². The van der Waals surface area contributed by atoms with E-state index in [4.69, 9.17) is 29.3 Å². The summed E-state index contributed by atoms with van der Waals surface area (Å²) in [5.74, 6) is 1.87. The van der Waals surface area contributed by atoms with Crippen molar-refractivity contribution in [1.82, 2.24) is 24.9 Å². The van der Waals surface area contributed by atoms with E-state index >= 15 is 0 Å². The number of aromatic nitrogens is 5. The minimum atomic E-state index is 0.609. The largest absolute Gasteiger partial charge is 0.438 e. The normalized spacial score (nSPS) is 11.4. The molecule has 6 heteroatoms. The molecule has 4 aromatic heterocycles. The number of pyridine rings is 2. The molecular weight excluding hydrogens is 651 g/mol. The van der Waals surface area contributed by atoms with E-state index in [1.165, 1.54) is 5.56 Å². The molecule has 0 spiro atoms. The van der Waals surface area contributed by atoms with E-state index in [-0.39, 0.29) is 0 Å². The second-order valence-electron chi connectivity index (χ2n) is 12.9. The lowest BCUT2D eigenvalue weighted by Crippen LogP contribution is -2.00. The number of fused-ring (bicyclic) bond motifs is 4. The van der Waals surface area contributed by atoms with E-state index < -0.39 is 0 Å². The van der Waals surface area contributed by atoms with Crippen molar-refractivity contribution in [2.24, 2.45) is 0 Å². The molecule has 53 heavy (non-hydrogen) atoms. The van der Waals surface area contributed by atoms with Crippen LogP contribution in [0.5, 0.6) is 0 Å². The molecule has 4 heterocycles. The number of rotatable bonds is 6. The molecule has 10 aromatic rings. The maximum atomic E-state index is 6.21. The third-order valence-corrected chi connectivity index (χ3v) is 9.62. The van der Waals surface area contributed by atoms with Gasteiger partial charge >= 0.3 is 0 Å². The van der Waals surface area contributed by atoms with Crippen LogP contribution in [-0.2, 0) is 0 Å². The van der Waals surface area contributed by atoms with Gasteiger partial charge in [-0.25, -0.2) is 19.9 Å². The summed E-state index contributed by atoms with van der Waals surface area (Å²) in [6.07, 6.45) is 1.82. The fourth-order valence-corrected chi connectivity index (χ4v) is 7.00. The first-order valence-corrected chi connectivity index (χ1v) is 17.5. The lowest BCUT2D eigenvalue weighted by molar-refractivity contribution is 0.656. The lowest BCUT2D eigenvalue weighted by Gasteiger charge is -2.11. The highest BCUT2D eigenvalue weighted by Gasteiger charge is 2.19. The van der Waals surface area contributed by atoms with Crippen molar-refractivity contribution in [2.45, 2.75) is 0 Å². The zero-order valence-corrected chi connectivity index (χ0v) is 28.4. The van der Waals surface area contributed by atoms with E-state index in [0.717, 1.165) is 71.9 Å². The molecule has 0 amide bonds. The third kappa shape index (κ3) is 5.59. The standard InChI is InChI=1S/C47H29N5O/c1-3-11-30(12-4-1)31-22-26-35(27-23-31)45-50-44(34-13-5-2-6-14-34)51-46(52-45)37-16-9-15-36(29-37)32-20-24-33(25-21-32)41-42-38-17-7-8-19-40(38)53-47(42)49-39-18-10-28-48-43(39)41/h1-29H. The maximum Gasteiger partial charge on any atom is 0.228 e. The van der Waals surface area contributed by atoms with Gasteiger partial charge < -0.3 is 4.42 Å². The molecule has 6 aromatic carbocycles. The monoisotopic (exact) mass is 679 g/mol. The Morgan fingerprint density at radius 3 is 1.64 bits per heavy atom. The van der Waals surface area contributed by atoms with Gasteiger partial charge in [-0.05, 0) is 52.1 Å². The van der Waals surface area contributed by atoms with Crippen molar-refractivity contribution in [3.8, 4) is 67.5 Å². The minimum Gasteiger partial charge on any atom is -0.438 e. The molecule has 0 N–H and O–H groups in total. The first-order chi connectivity index (χ1) is 26.2. The summed E-state index contributed by atoms with van der Waals surface area (Å²) >= 11 is 0. The highest BCUT2D eigenvalue weighted by molar-refractivity contribution is 6.17. The fraction of sp³-hybridized carbons (Fsp3) is 0. The van der Waals surface area contributed by atoms with Crippen molar-refractivity contribution in [3.63, 3.8) is 0 Å². The van der Waals surface area contributed by atoms with E-state index in [2.05, 4.69) is 103 Å². The van der Waals surface area contributed by atoms with Crippen LogP contribution in [0, 0.1) is 0 Å². The molecule has 248 valence electrons. The molecule has 0 aliphatic heterocycles. The Labute approximate surface area is 305 Å². The summed E-state index contributed by atoms with van der Waals surface area (Å²) in [6, 6.07) is 57.8. The second kappa shape index (κ2) is 12.8. The molecule has 0 atom stereocenters. The summed E-state index contributed by atoms with van der Waals surface area (Å²) in [4.78, 5) is 24.6. The van der Waals surface area contributed by atoms with Gasteiger partial charge in [-0.2, -0.15) is 0 Å². The van der Waals surface area contributed by atoms with E-state index in [1.54, 1.807) is 0 Å². The maximum absolute atomic E-state index is 6.21. The van der Waals surface area contributed by atoms with Gasteiger partial charge in [0.1, 0.15) is 5.58 Å². The highest BCUT2D eigenvalue weighted by atomic mass is 16.3. The van der Waals surface area contributed by atoms with Crippen molar-refractivity contribution in [3.05, 3.63) is 176 Å². The topological polar surface area (TPSA) is 77.6 Å². The quantitative estimate of drug-likeness (QED) is 0.174. The number of nitrogens with zero attached hydrogens (tertiary/aromatic N) is 5. The van der Waals surface area contributed by atoms with Gasteiger partial charge in [-0.1, -0.05) is 146 Å². The van der Waals surface area contributed by atoms with E-state index in [1.807, 2.05) is 72.9 Å². The average molecular weight is 680 g/mol. The van der Waals surface area contributed by atoms with Crippen LogP contribution in [0.1, 0.15) is 0 Å². The number of furan rings is 1. The van der Waals surface area contributed by atoms with Gasteiger partial charge in [0.05, 0.1) is 16.4 Å². The molecule has 0 saturated carbocycles. The molecule has 0 radical (unpaired) electrons. The molecule has 0 bridgehead atoms. The molecule has 10 rings (SSSR count). The Kier molecular flexibility index (Phi) is 7.36. The van der Waals surface area contributed by atoms with E-state index in [0.29, 0.717) is 23.2 Å². The van der Waals surface area contributed by atoms with Crippen LogP contribution in [-0.4, -0.2) is 24.9 Å². The van der Waals surface area contributed by atoms with Gasteiger partial charge in [0.25, 0.3) is 0 Å². The molecular formula is C47H29N5O. The number of hydrogen-bond donors (Lipinski definition) is 0. The van der Waals surface area contributed by atoms with Gasteiger partial charge in [0, 0.05) is 33.8 Å². The van der Waals surface area contributed by atoms with Crippen LogP contribution < -0.4 is 0 Å². The molecule has 6 nitrogen and oxygen atoms in total. The van der Waals surface area contributed by atoms with Crippen molar-refractivity contribution < 1.29 is 4.42 Å². The third-order valence-electron chi connectivity index (χ3n) is 9.62. The summed E-state index contributed by atoms with van der Waals surface area (Å²) in [5, 5.41) is 1.99. The Bertz CT molecular complexity index is 2920. The summed E-state index contributed by atoms with van der Waals surface area (Å²) < 4.78 is 6.21. The first-order valence-electron chi connectivity index (χ1n) is 17.5. The van der Waals surface area contributed by atoms with Crippen LogP contribution in [0.3, 0.4) is 0 Å². The number of benzene rings is 6. The predicted octanol–water partition coefficient (Wildman–Crippen LogP) is 11.7. The predicted molar refractivity (Wildman–Crippen MR) is 213 cm³/mol.